The average molecular weight is 512 g/mol. The maximum absolute atomic E-state index is 15.2. The van der Waals surface area contributed by atoms with Crippen LogP contribution in [-0.2, 0) is 11.0 Å². The molecule has 1 unspecified atom stereocenters. The number of nitrogen functional groups attached to an aromatic ring is 1. The molecule has 1 saturated carbocycles. The molecule has 3 aromatic carbocycles. The second-order valence-corrected chi connectivity index (χ2v) is 10.5. The van der Waals surface area contributed by atoms with E-state index in [2.05, 4.69) is 19.3 Å². The molecule has 1 aliphatic rings. The lowest BCUT2D eigenvalue weighted by Gasteiger charge is -2.12. The fourth-order valence-corrected chi connectivity index (χ4v) is 5.98. The first-order valence-electron chi connectivity index (χ1n) is 12.3. The molecule has 5 aromatic rings. The summed E-state index contributed by atoms with van der Waals surface area (Å²) in [6.07, 6.45) is 8.02. The molecule has 0 spiro atoms. The van der Waals surface area contributed by atoms with Gasteiger partial charge in [0.05, 0.1) is 16.0 Å². The van der Waals surface area contributed by atoms with E-state index in [9.17, 15) is 4.21 Å². The molecule has 2 aromatic heterocycles. The highest BCUT2D eigenvalue weighted by Gasteiger charge is 2.23. The SMILES string of the molecule is Nc1ncnc2c1c(-c1ccc(NS(=O)c3ccc(-c4ccccc4)cc3)c(F)c1)cn2C1CCCC1. The lowest BCUT2D eigenvalue weighted by molar-refractivity contribution is 0.532. The lowest BCUT2D eigenvalue weighted by atomic mass is 10.1. The highest BCUT2D eigenvalue weighted by Crippen LogP contribution is 2.39. The molecule has 1 fully saturated rings. The van der Waals surface area contributed by atoms with Gasteiger partial charge in [0, 0.05) is 17.8 Å². The van der Waals surface area contributed by atoms with Crippen molar-refractivity contribution in [3.8, 4) is 22.3 Å². The highest BCUT2D eigenvalue weighted by atomic mass is 32.2. The van der Waals surface area contributed by atoms with E-state index >= 15 is 4.39 Å². The molecule has 0 radical (unpaired) electrons. The summed E-state index contributed by atoms with van der Waals surface area (Å²) in [6.45, 7) is 0. The Kier molecular flexibility index (Phi) is 6.18. The van der Waals surface area contributed by atoms with Crippen molar-refractivity contribution < 1.29 is 8.60 Å². The van der Waals surface area contributed by atoms with Crippen LogP contribution in [0, 0.1) is 5.82 Å². The molecular formula is C29H26FN5OS. The normalized spacial score (nSPS) is 14.7. The minimum atomic E-state index is -1.62. The zero-order chi connectivity index (χ0) is 25.4. The summed E-state index contributed by atoms with van der Waals surface area (Å²) in [6, 6.07) is 22.6. The van der Waals surface area contributed by atoms with E-state index in [-0.39, 0.29) is 5.69 Å². The number of nitrogens with one attached hydrogen (secondary N) is 1. The zero-order valence-electron chi connectivity index (χ0n) is 20.1. The van der Waals surface area contributed by atoms with Gasteiger partial charge >= 0.3 is 0 Å². The van der Waals surface area contributed by atoms with Gasteiger partial charge in [0.15, 0.2) is 0 Å². The third kappa shape index (κ3) is 4.49. The number of hydrogen-bond donors (Lipinski definition) is 2. The van der Waals surface area contributed by atoms with Gasteiger partial charge in [-0.15, -0.1) is 0 Å². The van der Waals surface area contributed by atoms with Crippen molar-refractivity contribution in [2.45, 2.75) is 36.6 Å². The van der Waals surface area contributed by atoms with Gasteiger partial charge in [-0.25, -0.2) is 18.6 Å². The second kappa shape index (κ2) is 9.78. The number of anilines is 2. The van der Waals surface area contributed by atoms with Gasteiger partial charge in [-0.2, -0.15) is 0 Å². The summed E-state index contributed by atoms with van der Waals surface area (Å²) >= 11 is 0. The molecule has 0 bridgehead atoms. The Morgan fingerprint density at radius 1 is 0.919 bits per heavy atom. The smallest absolute Gasteiger partial charge is 0.150 e. The molecule has 0 saturated heterocycles. The van der Waals surface area contributed by atoms with Crippen LogP contribution >= 0.6 is 0 Å². The predicted octanol–water partition coefficient (Wildman–Crippen LogP) is 6.74. The van der Waals surface area contributed by atoms with Crippen molar-refractivity contribution in [3.05, 3.63) is 91.1 Å². The van der Waals surface area contributed by atoms with Crippen LogP contribution in [0.25, 0.3) is 33.3 Å². The van der Waals surface area contributed by atoms with E-state index in [1.54, 1.807) is 24.3 Å². The molecule has 3 N–H and O–H groups in total. The van der Waals surface area contributed by atoms with Crippen LogP contribution < -0.4 is 10.5 Å². The van der Waals surface area contributed by atoms with Gasteiger partial charge in [-0.1, -0.05) is 61.4 Å². The molecule has 2 heterocycles. The van der Waals surface area contributed by atoms with Gasteiger partial charge in [0.2, 0.25) is 0 Å². The van der Waals surface area contributed by atoms with E-state index < -0.39 is 16.8 Å². The van der Waals surface area contributed by atoms with Crippen molar-refractivity contribution in [2.75, 3.05) is 10.5 Å². The van der Waals surface area contributed by atoms with Crippen molar-refractivity contribution in [3.63, 3.8) is 0 Å². The number of hydrogen-bond acceptors (Lipinski definition) is 4. The van der Waals surface area contributed by atoms with Crippen molar-refractivity contribution >= 4 is 33.5 Å². The van der Waals surface area contributed by atoms with Gasteiger partial charge in [0.25, 0.3) is 0 Å². The summed E-state index contributed by atoms with van der Waals surface area (Å²) in [4.78, 5) is 9.24. The van der Waals surface area contributed by atoms with Crippen LogP contribution in [0.5, 0.6) is 0 Å². The third-order valence-corrected chi connectivity index (χ3v) is 8.12. The third-order valence-electron chi connectivity index (χ3n) is 7.02. The highest BCUT2D eigenvalue weighted by molar-refractivity contribution is 7.86. The number of nitrogens with two attached hydrogens (primary N) is 1. The number of fused-ring (bicyclic) bond motifs is 1. The topological polar surface area (TPSA) is 85.8 Å². The Hall–Kier alpha value is -4.04. The minimum absolute atomic E-state index is 0.165. The molecule has 0 amide bonds. The predicted molar refractivity (Wildman–Crippen MR) is 147 cm³/mol. The molecule has 6 nitrogen and oxygen atoms in total. The Balaban J connectivity index is 1.27. The van der Waals surface area contributed by atoms with E-state index in [0.717, 1.165) is 40.6 Å². The van der Waals surface area contributed by atoms with E-state index in [1.165, 1.54) is 25.2 Å². The quantitative estimate of drug-likeness (QED) is 0.264. The van der Waals surface area contributed by atoms with E-state index in [0.29, 0.717) is 22.3 Å². The van der Waals surface area contributed by atoms with Gasteiger partial charge in [-0.05, 0) is 53.8 Å². The summed E-state index contributed by atoms with van der Waals surface area (Å²) in [5.41, 5.74) is 10.7. The molecule has 1 atom stereocenters. The summed E-state index contributed by atoms with van der Waals surface area (Å²) in [5, 5.41) is 0.733. The molecule has 1 aliphatic carbocycles. The van der Waals surface area contributed by atoms with Gasteiger partial charge in [-0.3, -0.25) is 4.72 Å². The molecule has 8 heteroatoms. The number of aromatic nitrogens is 3. The first-order valence-corrected chi connectivity index (χ1v) is 13.5. The first-order chi connectivity index (χ1) is 18.1. The standard InChI is InChI=1S/C29H26FN5OS/c30-25-16-21(24-17-35(22-8-4-5-9-22)29-27(24)28(31)32-18-33-29)12-15-26(25)34-37(36)23-13-10-20(11-14-23)19-6-2-1-3-7-19/h1-3,6-7,10-18,22,34H,4-5,8-9H2,(H2,31,32,33). The largest absolute Gasteiger partial charge is 0.383 e. The van der Waals surface area contributed by atoms with Crippen LogP contribution in [0.1, 0.15) is 31.7 Å². The number of nitrogens with zero attached hydrogens (tertiary/aromatic N) is 3. The average Bonchev–Trinajstić information content (AvgIpc) is 3.59. The zero-order valence-corrected chi connectivity index (χ0v) is 20.9. The Labute approximate surface area is 217 Å². The van der Waals surface area contributed by atoms with Gasteiger partial charge < -0.3 is 10.3 Å². The molecule has 37 heavy (non-hydrogen) atoms. The van der Waals surface area contributed by atoms with Crippen LogP contribution in [0.15, 0.2) is 90.2 Å². The van der Waals surface area contributed by atoms with E-state index in [1.807, 2.05) is 48.7 Å². The van der Waals surface area contributed by atoms with Crippen molar-refractivity contribution in [2.24, 2.45) is 0 Å². The maximum Gasteiger partial charge on any atom is 0.150 e. The molecular weight excluding hydrogens is 485 g/mol. The lowest BCUT2D eigenvalue weighted by Crippen LogP contribution is -2.06. The monoisotopic (exact) mass is 511 g/mol. The Bertz CT molecular complexity index is 1590. The summed E-state index contributed by atoms with van der Waals surface area (Å²) in [5.74, 6) is -0.122. The first kappa shape index (κ1) is 23.4. The summed E-state index contributed by atoms with van der Waals surface area (Å²) in [7, 11) is -1.62. The van der Waals surface area contributed by atoms with Crippen molar-refractivity contribution in [1.29, 1.82) is 0 Å². The fraction of sp³-hybridized carbons (Fsp3) is 0.172. The Morgan fingerprint density at radius 3 is 2.35 bits per heavy atom. The van der Waals surface area contributed by atoms with Crippen LogP contribution in [0.3, 0.4) is 0 Å². The molecule has 0 aliphatic heterocycles. The molecule has 186 valence electrons. The number of benzene rings is 3. The molecule has 6 rings (SSSR count). The van der Waals surface area contributed by atoms with Gasteiger partial charge in [0.1, 0.15) is 34.6 Å². The summed E-state index contributed by atoms with van der Waals surface area (Å²) < 4.78 is 33.1. The van der Waals surface area contributed by atoms with Crippen molar-refractivity contribution in [1.82, 2.24) is 14.5 Å². The minimum Gasteiger partial charge on any atom is -0.383 e. The van der Waals surface area contributed by atoms with Crippen LogP contribution in [0.2, 0.25) is 0 Å². The van der Waals surface area contributed by atoms with Crippen LogP contribution in [0.4, 0.5) is 15.9 Å². The Morgan fingerprint density at radius 2 is 1.62 bits per heavy atom. The van der Waals surface area contributed by atoms with E-state index in [4.69, 9.17) is 5.73 Å². The number of rotatable bonds is 6. The maximum atomic E-state index is 15.2. The second-order valence-electron chi connectivity index (χ2n) is 9.30. The van der Waals surface area contributed by atoms with Crippen LogP contribution in [-0.4, -0.2) is 18.7 Å². The number of halogens is 1. The fourth-order valence-electron chi connectivity index (χ4n) is 5.11.